The molecule has 0 aliphatic rings. The lowest BCUT2D eigenvalue weighted by molar-refractivity contribution is -0.141. The first-order valence-corrected chi connectivity index (χ1v) is 12.2. The number of carbonyl (C=O) groups is 2. The van der Waals surface area contributed by atoms with Gasteiger partial charge in [0.1, 0.15) is 6.04 Å². The summed E-state index contributed by atoms with van der Waals surface area (Å²) < 4.78 is 0.965. The summed E-state index contributed by atoms with van der Waals surface area (Å²) in [6, 6.07) is 24.6. The van der Waals surface area contributed by atoms with Crippen LogP contribution in [0.15, 0.2) is 83.3 Å². The molecule has 0 aliphatic heterocycles. The molecule has 3 aromatic carbocycles. The van der Waals surface area contributed by atoms with Crippen molar-refractivity contribution < 1.29 is 9.59 Å². The van der Waals surface area contributed by atoms with Gasteiger partial charge in [-0.3, -0.25) is 9.59 Å². The minimum Gasteiger partial charge on any atom is -0.355 e. The standard InChI is InChI=1S/C27H28BrClN2O2/c1-2-30-27(33)25(18-20-8-4-3-5-9-20)31(19-21-12-15-23(28)16-13-21)26(32)17-14-22-10-6-7-11-24(22)29/h3-13,15-16,25H,2,14,17-19H2,1H3,(H,30,33). The van der Waals surface area contributed by atoms with Gasteiger partial charge < -0.3 is 10.2 Å². The summed E-state index contributed by atoms with van der Waals surface area (Å²) in [5.74, 6) is -0.227. The lowest BCUT2D eigenvalue weighted by Crippen LogP contribution is -2.50. The molecule has 33 heavy (non-hydrogen) atoms. The highest BCUT2D eigenvalue weighted by atomic mass is 79.9. The molecular weight excluding hydrogens is 500 g/mol. The number of likely N-dealkylation sites (N-methyl/N-ethyl adjacent to an activating group) is 1. The van der Waals surface area contributed by atoms with E-state index in [9.17, 15) is 9.59 Å². The van der Waals surface area contributed by atoms with Crippen LogP contribution in [-0.4, -0.2) is 29.3 Å². The third kappa shape index (κ3) is 7.44. The van der Waals surface area contributed by atoms with E-state index >= 15 is 0 Å². The Bertz CT molecular complexity index is 1060. The van der Waals surface area contributed by atoms with Crippen molar-refractivity contribution in [3.05, 3.63) is 105 Å². The minimum atomic E-state index is -0.616. The van der Waals surface area contributed by atoms with Gasteiger partial charge in [0, 0.05) is 35.4 Å². The van der Waals surface area contributed by atoms with Crippen LogP contribution in [0.2, 0.25) is 5.02 Å². The summed E-state index contributed by atoms with van der Waals surface area (Å²) in [6.45, 7) is 2.74. The number of nitrogens with one attached hydrogen (secondary N) is 1. The Hall–Kier alpha value is -2.63. The van der Waals surface area contributed by atoms with Gasteiger partial charge in [-0.2, -0.15) is 0 Å². The Morgan fingerprint density at radius 3 is 2.27 bits per heavy atom. The zero-order valence-electron chi connectivity index (χ0n) is 18.6. The molecule has 0 saturated heterocycles. The van der Waals surface area contributed by atoms with Crippen molar-refractivity contribution >= 4 is 39.3 Å². The van der Waals surface area contributed by atoms with Gasteiger partial charge in [-0.25, -0.2) is 0 Å². The average molecular weight is 528 g/mol. The summed E-state index contributed by atoms with van der Waals surface area (Å²) in [4.78, 5) is 28.4. The molecule has 0 heterocycles. The number of hydrogen-bond acceptors (Lipinski definition) is 2. The molecule has 172 valence electrons. The summed E-state index contributed by atoms with van der Waals surface area (Å²) in [6.07, 6.45) is 1.23. The molecule has 6 heteroatoms. The number of carbonyl (C=O) groups excluding carboxylic acids is 2. The van der Waals surface area contributed by atoms with Gasteiger partial charge in [-0.15, -0.1) is 0 Å². The molecule has 3 aromatic rings. The van der Waals surface area contributed by atoms with Gasteiger partial charge in [0.15, 0.2) is 0 Å². The molecule has 0 bridgehead atoms. The first kappa shape index (κ1) is 25.0. The molecule has 0 aromatic heterocycles. The highest BCUT2D eigenvalue weighted by molar-refractivity contribution is 9.10. The fourth-order valence-corrected chi connectivity index (χ4v) is 4.21. The molecular formula is C27H28BrClN2O2. The van der Waals surface area contributed by atoms with E-state index in [1.54, 1.807) is 4.90 Å². The third-order valence-corrected chi connectivity index (χ3v) is 6.35. The molecule has 1 N–H and O–H groups in total. The van der Waals surface area contributed by atoms with Crippen LogP contribution >= 0.6 is 27.5 Å². The van der Waals surface area contributed by atoms with Crippen molar-refractivity contribution in [3.8, 4) is 0 Å². The maximum Gasteiger partial charge on any atom is 0.243 e. The lowest BCUT2D eigenvalue weighted by atomic mass is 10.0. The second kappa shape index (κ2) is 12.6. The van der Waals surface area contributed by atoms with E-state index in [1.165, 1.54) is 0 Å². The quantitative estimate of drug-likeness (QED) is 0.362. The van der Waals surface area contributed by atoms with Crippen LogP contribution in [0.1, 0.15) is 30.0 Å². The molecule has 4 nitrogen and oxygen atoms in total. The van der Waals surface area contributed by atoms with E-state index in [0.29, 0.717) is 31.0 Å². The van der Waals surface area contributed by atoms with E-state index in [1.807, 2.05) is 85.8 Å². The van der Waals surface area contributed by atoms with Gasteiger partial charge >= 0.3 is 0 Å². The topological polar surface area (TPSA) is 49.4 Å². The summed E-state index contributed by atoms with van der Waals surface area (Å²) in [5.41, 5.74) is 2.90. The maximum absolute atomic E-state index is 13.5. The number of rotatable bonds is 10. The zero-order chi connectivity index (χ0) is 23.6. The van der Waals surface area contributed by atoms with Crippen molar-refractivity contribution in [2.24, 2.45) is 0 Å². The van der Waals surface area contributed by atoms with Crippen LogP contribution in [0.3, 0.4) is 0 Å². The van der Waals surface area contributed by atoms with Crippen LogP contribution in [0.25, 0.3) is 0 Å². The number of nitrogens with zero attached hydrogens (tertiary/aromatic N) is 1. The Labute approximate surface area is 209 Å². The van der Waals surface area contributed by atoms with Crippen molar-refractivity contribution in [3.63, 3.8) is 0 Å². The van der Waals surface area contributed by atoms with Crippen LogP contribution < -0.4 is 5.32 Å². The predicted molar refractivity (Wildman–Crippen MR) is 137 cm³/mol. The van der Waals surface area contributed by atoms with Gasteiger partial charge in [0.25, 0.3) is 0 Å². The zero-order valence-corrected chi connectivity index (χ0v) is 21.0. The molecule has 0 spiro atoms. The van der Waals surface area contributed by atoms with E-state index in [0.717, 1.165) is 21.2 Å². The van der Waals surface area contributed by atoms with Gasteiger partial charge in [0.05, 0.1) is 0 Å². The SMILES string of the molecule is CCNC(=O)C(Cc1ccccc1)N(Cc1ccc(Br)cc1)C(=O)CCc1ccccc1Cl. The maximum atomic E-state index is 13.5. The molecule has 3 rings (SSSR count). The first-order chi connectivity index (χ1) is 16.0. The fraction of sp³-hybridized carbons (Fsp3) is 0.259. The van der Waals surface area contributed by atoms with Crippen LogP contribution in [0.4, 0.5) is 0 Å². The van der Waals surface area contributed by atoms with Crippen molar-refractivity contribution in [2.45, 2.75) is 38.8 Å². The van der Waals surface area contributed by atoms with Crippen LogP contribution in [0, 0.1) is 0 Å². The Kier molecular flexibility index (Phi) is 9.52. The summed E-state index contributed by atoms with van der Waals surface area (Å²) in [7, 11) is 0. The Morgan fingerprint density at radius 1 is 0.939 bits per heavy atom. The molecule has 1 unspecified atom stereocenters. The fourth-order valence-electron chi connectivity index (χ4n) is 3.72. The predicted octanol–water partition coefficient (Wildman–Crippen LogP) is 5.81. The van der Waals surface area contributed by atoms with Crippen LogP contribution in [0.5, 0.6) is 0 Å². The molecule has 0 fully saturated rings. The Balaban J connectivity index is 1.89. The normalized spacial score (nSPS) is 11.6. The van der Waals surface area contributed by atoms with E-state index in [4.69, 9.17) is 11.6 Å². The first-order valence-electron chi connectivity index (χ1n) is 11.1. The molecule has 2 amide bonds. The van der Waals surface area contributed by atoms with Gasteiger partial charge in [-0.05, 0) is 48.2 Å². The number of halogens is 2. The number of hydrogen-bond donors (Lipinski definition) is 1. The van der Waals surface area contributed by atoms with Crippen molar-refractivity contribution in [2.75, 3.05) is 6.54 Å². The monoisotopic (exact) mass is 526 g/mol. The largest absolute Gasteiger partial charge is 0.355 e. The van der Waals surface area contributed by atoms with Crippen molar-refractivity contribution in [1.29, 1.82) is 0 Å². The van der Waals surface area contributed by atoms with E-state index < -0.39 is 6.04 Å². The molecule has 1 atom stereocenters. The van der Waals surface area contributed by atoms with Crippen LogP contribution in [-0.2, 0) is 29.0 Å². The number of amides is 2. The van der Waals surface area contributed by atoms with E-state index in [2.05, 4.69) is 21.2 Å². The minimum absolute atomic E-state index is 0.0787. The van der Waals surface area contributed by atoms with Crippen molar-refractivity contribution in [1.82, 2.24) is 10.2 Å². The Morgan fingerprint density at radius 2 is 1.61 bits per heavy atom. The molecule has 0 aliphatic carbocycles. The second-order valence-electron chi connectivity index (χ2n) is 7.84. The number of aryl methyl sites for hydroxylation is 1. The summed E-state index contributed by atoms with van der Waals surface area (Å²) >= 11 is 9.76. The lowest BCUT2D eigenvalue weighted by Gasteiger charge is -2.31. The summed E-state index contributed by atoms with van der Waals surface area (Å²) in [5, 5.41) is 3.57. The highest BCUT2D eigenvalue weighted by Gasteiger charge is 2.30. The second-order valence-corrected chi connectivity index (χ2v) is 9.16. The van der Waals surface area contributed by atoms with E-state index in [-0.39, 0.29) is 18.2 Å². The third-order valence-electron chi connectivity index (χ3n) is 5.45. The molecule has 0 saturated carbocycles. The van der Waals surface area contributed by atoms with Gasteiger partial charge in [0.2, 0.25) is 11.8 Å². The highest BCUT2D eigenvalue weighted by Crippen LogP contribution is 2.20. The van der Waals surface area contributed by atoms with Gasteiger partial charge in [-0.1, -0.05) is 88.2 Å². The smallest absolute Gasteiger partial charge is 0.243 e. The average Bonchev–Trinajstić information content (AvgIpc) is 2.82. The molecule has 0 radical (unpaired) electrons. The number of benzene rings is 3.